The molecule has 16 heteroatoms. The topological polar surface area (TPSA) is 215 Å². The maximum atomic E-state index is 13.8. The third-order valence-corrected chi connectivity index (χ3v) is 11.0. The SMILES string of the molecule is O=C(O)C1O[C@@H](Oc2cc(-c3ccc(P(=O)(O)O)cc3)ccc2[C@@H]2[C@@H](SC[C@H](O)c3ccc(F)cc3)C(=O)N2c2ccccc2)C(O)C(O)C1O. The number of anilines is 1. The van der Waals surface area contributed by atoms with Crippen LogP contribution in [-0.2, 0) is 18.9 Å². The molecule has 13 nitrogen and oxygen atoms in total. The van der Waals surface area contributed by atoms with Gasteiger partial charge in [-0.15, -0.1) is 11.8 Å². The lowest BCUT2D eigenvalue weighted by Gasteiger charge is -2.48. The number of carboxylic acid groups (broad SMARTS) is 1. The monoisotopic (exact) mass is 741 g/mol. The van der Waals surface area contributed by atoms with Crippen LogP contribution in [0.5, 0.6) is 5.75 Å². The van der Waals surface area contributed by atoms with Crippen LogP contribution >= 0.6 is 19.4 Å². The van der Waals surface area contributed by atoms with E-state index in [1.807, 2.05) is 0 Å². The van der Waals surface area contributed by atoms with Gasteiger partial charge in [-0.3, -0.25) is 9.36 Å². The minimum Gasteiger partial charge on any atom is -0.479 e. The molecule has 4 aromatic rings. The van der Waals surface area contributed by atoms with E-state index in [9.17, 15) is 53.9 Å². The number of aliphatic hydroxyl groups excluding tert-OH is 4. The first-order valence-electron chi connectivity index (χ1n) is 15.6. The number of hydrogen-bond acceptors (Lipinski definition) is 10. The zero-order valence-corrected chi connectivity index (χ0v) is 28.1. The van der Waals surface area contributed by atoms with E-state index in [-0.39, 0.29) is 22.7 Å². The average molecular weight is 742 g/mol. The summed E-state index contributed by atoms with van der Waals surface area (Å²) in [4.78, 5) is 46.2. The molecular formula is C35H33FNO12PS. The molecule has 2 fully saturated rings. The molecule has 2 aliphatic rings. The molecule has 8 atom stereocenters. The van der Waals surface area contributed by atoms with Crippen LogP contribution in [-0.4, -0.2) is 88.9 Å². The van der Waals surface area contributed by atoms with E-state index in [1.54, 1.807) is 42.5 Å². The van der Waals surface area contributed by atoms with E-state index in [0.717, 1.165) is 11.8 Å². The molecule has 268 valence electrons. The Bertz CT molecular complexity index is 1930. The van der Waals surface area contributed by atoms with Crippen molar-refractivity contribution < 1.29 is 63.3 Å². The molecule has 4 aromatic carbocycles. The number of β-lactam (4-membered cyclic amide) rings is 1. The second-order valence-electron chi connectivity index (χ2n) is 12.0. The number of rotatable bonds is 11. The number of carbonyl (C=O) groups is 2. The number of para-hydroxylation sites is 1. The van der Waals surface area contributed by atoms with Gasteiger partial charge in [-0.25, -0.2) is 9.18 Å². The molecule has 0 spiro atoms. The standard InChI is InChI=1S/C35H33FNO12PS/c36-21-11-6-19(7-12-21)25(38)17-51-32-27(37(33(32)42)22-4-2-1-3-5-22)24-15-10-20(18-8-13-23(14-9-18)50(45,46)47)16-26(24)48-35-30(41)28(39)29(40)31(49-35)34(43)44/h1-16,25,27-32,35,38-41H,17H2,(H,43,44)(H2,45,46,47)/t25-,27+,28?,29?,30?,31?,32+,35+/m0/s1. The molecule has 0 bridgehead atoms. The van der Waals surface area contributed by atoms with Crippen LogP contribution in [0.3, 0.4) is 0 Å². The van der Waals surface area contributed by atoms with Gasteiger partial charge < -0.3 is 49.7 Å². The van der Waals surface area contributed by atoms with Crippen LogP contribution in [0.4, 0.5) is 10.1 Å². The van der Waals surface area contributed by atoms with Crippen LogP contribution in [0.2, 0.25) is 0 Å². The zero-order chi connectivity index (χ0) is 36.6. The highest BCUT2D eigenvalue weighted by molar-refractivity contribution is 8.00. The number of carboxylic acids is 1. The van der Waals surface area contributed by atoms with Gasteiger partial charge in [0, 0.05) is 17.0 Å². The second-order valence-corrected chi connectivity index (χ2v) is 14.8. The number of thioether (sulfide) groups is 1. The van der Waals surface area contributed by atoms with E-state index in [2.05, 4.69) is 0 Å². The van der Waals surface area contributed by atoms with Crippen molar-refractivity contribution in [2.24, 2.45) is 0 Å². The molecule has 2 aliphatic heterocycles. The first-order chi connectivity index (χ1) is 24.2. The fraction of sp³-hybridized carbons (Fsp3) is 0.257. The fourth-order valence-electron chi connectivity index (χ4n) is 5.96. The Labute approximate surface area is 294 Å². The summed E-state index contributed by atoms with van der Waals surface area (Å²) in [6.07, 6.45) is -10.6. The van der Waals surface area contributed by atoms with Crippen LogP contribution in [0.25, 0.3) is 11.1 Å². The number of hydrogen-bond donors (Lipinski definition) is 7. The van der Waals surface area contributed by atoms with Crippen LogP contribution in [0.1, 0.15) is 23.3 Å². The molecule has 7 N–H and O–H groups in total. The predicted octanol–water partition coefficient (Wildman–Crippen LogP) is 2.49. The minimum absolute atomic E-state index is 0.00791. The summed E-state index contributed by atoms with van der Waals surface area (Å²) < 4.78 is 36.8. The van der Waals surface area contributed by atoms with Crippen LogP contribution in [0.15, 0.2) is 97.1 Å². The molecule has 2 heterocycles. The molecule has 0 aromatic heterocycles. The van der Waals surface area contributed by atoms with E-state index in [0.29, 0.717) is 27.9 Å². The smallest absolute Gasteiger partial charge is 0.356 e. The molecule has 0 radical (unpaired) electrons. The summed E-state index contributed by atoms with van der Waals surface area (Å²) in [6, 6.07) is 23.5. The van der Waals surface area contributed by atoms with E-state index in [4.69, 9.17) is 9.47 Å². The van der Waals surface area contributed by atoms with Gasteiger partial charge in [-0.05, 0) is 59.2 Å². The molecule has 4 unspecified atom stereocenters. The van der Waals surface area contributed by atoms with Crippen molar-refractivity contribution >= 4 is 42.2 Å². The van der Waals surface area contributed by atoms with E-state index < -0.39 is 67.5 Å². The van der Waals surface area contributed by atoms with Gasteiger partial charge in [0.1, 0.15) is 35.1 Å². The van der Waals surface area contributed by atoms with Gasteiger partial charge in [0.05, 0.1) is 17.5 Å². The highest BCUT2D eigenvalue weighted by Crippen LogP contribution is 2.49. The molecule has 1 amide bonds. The number of aliphatic carboxylic acids is 1. The quantitative estimate of drug-likeness (QED) is 0.0871. The van der Waals surface area contributed by atoms with Crippen molar-refractivity contribution in [1.82, 2.24) is 0 Å². The summed E-state index contributed by atoms with van der Waals surface area (Å²) >= 11 is 1.15. The van der Waals surface area contributed by atoms with Gasteiger partial charge in [-0.1, -0.05) is 54.6 Å². The van der Waals surface area contributed by atoms with Crippen molar-refractivity contribution in [2.45, 2.75) is 48.1 Å². The third-order valence-electron chi connectivity index (χ3n) is 8.69. The molecular weight excluding hydrogens is 708 g/mol. The van der Waals surface area contributed by atoms with Gasteiger partial charge in [0.2, 0.25) is 12.2 Å². The molecule has 2 saturated heterocycles. The number of carbonyl (C=O) groups excluding carboxylic acids is 1. The summed E-state index contributed by atoms with van der Waals surface area (Å²) in [7, 11) is -4.53. The summed E-state index contributed by atoms with van der Waals surface area (Å²) in [6.45, 7) is 0. The second kappa shape index (κ2) is 14.8. The predicted molar refractivity (Wildman–Crippen MR) is 183 cm³/mol. The maximum absolute atomic E-state index is 13.8. The number of ether oxygens (including phenoxy) is 2. The largest absolute Gasteiger partial charge is 0.479 e. The van der Waals surface area contributed by atoms with Crippen molar-refractivity contribution in [3.63, 3.8) is 0 Å². The van der Waals surface area contributed by atoms with Gasteiger partial charge >= 0.3 is 13.6 Å². The Hall–Kier alpha value is -4.15. The Morgan fingerprint density at radius 2 is 1.55 bits per heavy atom. The Morgan fingerprint density at radius 1 is 0.902 bits per heavy atom. The Kier molecular flexibility index (Phi) is 10.7. The van der Waals surface area contributed by atoms with Crippen molar-refractivity contribution in [2.75, 3.05) is 10.7 Å². The number of nitrogens with zero attached hydrogens (tertiary/aromatic N) is 1. The molecule has 6 rings (SSSR count). The third kappa shape index (κ3) is 7.58. The molecule has 0 aliphatic carbocycles. The van der Waals surface area contributed by atoms with Gasteiger partial charge in [0.25, 0.3) is 0 Å². The zero-order valence-electron chi connectivity index (χ0n) is 26.4. The lowest BCUT2D eigenvalue weighted by atomic mass is 9.90. The normalized spacial score (nSPS) is 25.6. The summed E-state index contributed by atoms with van der Waals surface area (Å²) in [5.74, 6) is -2.34. The molecule has 51 heavy (non-hydrogen) atoms. The number of amides is 1. The number of benzene rings is 4. The highest BCUT2D eigenvalue weighted by Gasteiger charge is 2.52. The lowest BCUT2D eigenvalue weighted by Crippen LogP contribution is -2.61. The lowest BCUT2D eigenvalue weighted by molar-refractivity contribution is -0.271. The highest BCUT2D eigenvalue weighted by atomic mass is 32.2. The maximum Gasteiger partial charge on any atom is 0.356 e. The van der Waals surface area contributed by atoms with E-state index >= 15 is 0 Å². The van der Waals surface area contributed by atoms with Crippen molar-refractivity contribution in [3.05, 3.63) is 114 Å². The van der Waals surface area contributed by atoms with Gasteiger partial charge in [-0.2, -0.15) is 0 Å². The number of halogens is 1. The van der Waals surface area contributed by atoms with Crippen molar-refractivity contribution in [1.29, 1.82) is 0 Å². The Morgan fingerprint density at radius 3 is 2.18 bits per heavy atom. The Balaban J connectivity index is 1.40. The molecule has 0 saturated carbocycles. The van der Waals surface area contributed by atoms with Gasteiger partial charge in [0.15, 0.2) is 6.10 Å². The average Bonchev–Trinajstić information content (AvgIpc) is 3.11. The first-order valence-corrected chi connectivity index (χ1v) is 18.2. The van der Waals surface area contributed by atoms with E-state index in [1.165, 1.54) is 59.5 Å². The summed E-state index contributed by atoms with van der Waals surface area (Å²) in [5, 5.41) is 51.0. The minimum atomic E-state index is -4.53. The van der Waals surface area contributed by atoms with Crippen LogP contribution < -0.4 is 14.9 Å². The van der Waals surface area contributed by atoms with Crippen LogP contribution in [0, 0.1) is 5.82 Å². The fourth-order valence-corrected chi connectivity index (χ4v) is 7.79. The first kappa shape index (κ1) is 36.6. The van der Waals surface area contributed by atoms with Crippen molar-refractivity contribution in [3.8, 4) is 16.9 Å². The number of aliphatic hydroxyl groups is 4. The summed E-state index contributed by atoms with van der Waals surface area (Å²) in [5.41, 5.74) is 2.29.